The van der Waals surface area contributed by atoms with Crippen LogP contribution in [0.2, 0.25) is 0 Å². The van der Waals surface area contributed by atoms with Crippen molar-refractivity contribution in [2.24, 2.45) is 0 Å². The summed E-state index contributed by atoms with van der Waals surface area (Å²) in [6.07, 6.45) is 5.76. The van der Waals surface area contributed by atoms with Crippen LogP contribution < -0.4 is 0 Å². The van der Waals surface area contributed by atoms with Crippen molar-refractivity contribution in [3.63, 3.8) is 0 Å². The second kappa shape index (κ2) is 7.08. The average molecular weight is 326 g/mol. The first-order valence-electron chi connectivity index (χ1n) is 7.82. The summed E-state index contributed by atoms with van der Waals surface area (Å²) < 4.78 is 12.3. The van der Waals surface area contributed by atoms with Crippen LogP contribution in [0.15, 0.2) is 47.4 Å². The van der Waals surface area contributed by atoms with Gasteiger partial charge in [0.25, 0.3) is 5.89 Å². The quantitative estimate of drug-likeness (QED) is 0.647. The Labute approximate surface area is 139 Å². The number of carbonyl (C=O) groups is 1. The van der Waals surface area contributed by atoms with E-state index in [0.29, 0.717) is 30.4 Å². The summed E-state index contributed by atoms with van der Waals surface area (Å²) in [5.74, 6) is 0.529. The third-order valence-corrected chi connectivity index (χ3v) is 3.62. The summed E-state index contributed by atoms with van der Waals surface area (Å²) in [6, 6.07) is 6.91. The number of nitrogens with zero attached hydrogens (tertiary/aromatic N) is 4. The summed E-state index contributed by atoms with van der Waals surface area (Å²) in [4.78, 5) is 20.6. The molecule has 1 atom stereocenters. The first kappa shape index (κ1) is 15.9. The summed E-state index contributed by atoms with van der Waals surface area (Å²) in [6.45, 7) is 4.07. The number of pyridine rings is 1. The lowest BCUT2D eigenvalue weighted by molar-refractivity contribution is -0.147. The molecule has 0 aromatic carbocycles. The lowest BCUT2D eigenvalue weighted by Crippen LogP contribution is -2.21. The van der Waals surface area contributed by atoms with Crippen molar-refractivity contribution in [3.05, 3.63) is 42.9 Å². The molecule has 0 radical (unpaired) electrons. The lowest BCUT2D eigenvalue weighted by atomic mass is 10.2. The van der Waals surface area contributed by atoms with Crippen LogP contribution in [-0.4, -0.2) is 32.3 Å². The third-order valence-electron chi connectivity index (χ3n) is 3.62. The van der Waals surface area contributed by atoms with Gasteiger partial charge in [-0.3, -0.25) is 4.98 Å². The molecule has 3 aromatic rings. The van der Waals surface area contributed by atoms with Gasteiger partial charge >= 0.3 is 5.97 Å². The number of ether oxygens (including phenoxy) is 1. The molecular formula is C17H18N4O3. The normalized spacial score (nSPS) is 12.1. The van der Waals surface area contributed by atoms with Gasteiger partial charge < -0.3 is 13.8 Å². The Balaban J connectivity index is 1.93. The van der Waals surface area contributed by atoms with Crippen molar-refractivity contribution in [2.75, 3.05) is 6.61 Å². The minimum absolute atomic E-state index is 0.274. The van der Waals surface area contributed by atoms with Crippen molar-refractivity contribution < 1.29 is 14.1 Å². The zero-order chi connectivity index (χ0) is 16.9. The van der Waals surface area contributed by atoms with Crippen LogP contribution in [0.3, 0.4) is 0 Å². The molecule has 0 saturated heterocycles. The van der Waals surface area contributed by atoms with Gasteiger partial charge in [0.15, 0.2) is 0 Å². The Morgan fingerprint density at radius 1 is 1.33 bits per heavy atom. The van der Waals surface area contributed by atoms with Crippen LogP contribution >= 0.6 is 0 Å². The summed E-state index contributed by atoms with van der Waals surface area (Å²) >= 11 is 0. The van der Waals surface area contributed by atoms with E-state index < -0.39 is 6.04 Å². The van der Waals surface area contributed by atoms with E-state index in [-0.39, 0.29) is 5.97 Å². The van der Waals surface area contributed by atoms with Gasteiger partial charge in [-0.15, -0.1) is 0 Å². The van der Waals surface area contributed by atoms with Gasteiger partial charge in [-0.25, -0.2) is 4.79 Å². The van der Waals surface area contributed by atoms with E-state index in [2.05, 4.69) is 15.1 Å². The maximum atomic E-state index is 12.2. The number of aromatic nitrogens is 4. The average Bonchev–Trinajstić information content (AvgIpc) is 3.26. The maximum Gasteiger partial charge on any atom is 0.329 e. The van der Waals surface area contributed by atoms with Crippen molar-refractivity contribution in [1.29, 1.82) is 0 Å². The van der Waals surface area contributed by atoms with E-state index in [4.69, 9.17) is 9.26 Å². The minimum atomic E-state index is -0.427. The van der Waals surface area contributed by atoms with Crippen LogP contribution in [0, 0.1) is 0 Å². The number of rotatable bonds is 6. The molecule has 7 nitrogen and oxygen atoms in total. The van der Waals surface area contributed by atoms with Crippen LogP contribution in [0.1, 0.15) is 26.3 Å². The zero-order valence-corrected chi connectivity index (χ0v) is 13.5. The molecule has 0 spiro atoms. The second-order valence-corrected chi connectivity index (χ2v) is 5.14. The summed E-state index contributed by atoms with van der Waals surface area (Å²) in [5, 5.41) is 3.99. The number of hydrogen-bond donors (Lipinski definition) is 0. The highest BCUT2D eigenvalue weighted by Crippen LogP contribution is 2.26. The first-order chi connectivity index (χ1) is 11.7. The van der Waals surface area contributed by atoms with Gasteiger partial charge in [0.05, 0.1) is 6.61 Å². The summed E-state index contributed by atoms with van der Waals surface area (Å²) in [7, 11) is 0. The zero-order valence-electron chi connectivity index (χ0n) is 13.5. The smallest absolute Gasteiger partial charge is 0.329 e. The van der Waals surface area contributed by atoms with E-state index in [0.717, 1.165) is 5.56 Å². The predicted molar refractivity (Wildman–Crippen MR) is 86.9 cm³/mol. The highest BCUT2D eigenvalue weighted by Gasteiger charge is 2.24. The molecule has 0 amide bonds. The molecule has 3 heterocycles. The van der Waals surface area contributed by atoms with Gasteiger partial charge in [-0.1, -0.05) is 12.1 Å². The van der Waals surface area contributed by atoms with Gasteiger partial charge in [-0.05, 0) is 37.6 Å². The van der Waals surface area contributed by atoms with E-state index in [1.807, 2.05) is 37.4 Å². The molecule has 7 heteroatoms. The van der Waals surface area contributed by atoms with Gasteiger partial charge in [0.2, 0.25) is 5.82 Å². The van der Waals surface area contributed by atoms with Crippen molar-refractivity contribution in [2.45, 2.75) is 26.3 Å². The van der Waals surface area contributed by atoms with Crippen LogP contribution in [0.25, 0.3) is 23.0 Å². The fourth-order valence-electron chi connectivity index (χ4n) is 2.50. The largest absolute Gasteiger partial charge is 0.464 e. The minimum Gasteiger partial charge on any atom is -0.464 e. The van der Waals surface area contributed by atoms with E-state index in [1.54, 1.807) is 23.9 Å². The maximum absolute atomic E-state index is 12.2. The Morgan fingerprint density at radius 2 is 2.21 bits per heavy atom. The molecule has 3 aromatic heterocycles. The molecule has 124 valence electrons. The molecule has 0 N–H and O–H groups in total. The molecule has 0 aliphatic heterocycles. The number of hydrogen-bond acceptors (Lipinski definition) is 6. The van der Waals surface area contributed by atoms with E-state index >= 15 is 0 Å². The van der Waals surface area contributed by atoms with Crippen molar-refractivity contribution >= 4 is 5.97 Å². The molecule has 0 saturated carbocycles. The SMILES string of the molecule is CCOC(=O)[C@@H](CC)n1cccc1-c1nc(-c2cccnc2)no1. The van der Waals surface area contributed by atoms with Gasteiger partial charge in [0, 0.05) is 24.2 Å². The van der Waals surface area contributed by atoms with Crippen LogP contribution in [-0.2, 0) is 9.53 Å². The monoisotopic (exact) mass is 326 g/mol. The van der Waals surface area contributed by atoms with Crippen LogP contribution in [0.5, 0.6) is 0 Å². The Kier molecular flexibility index (Phi) is 4.69. The Morgan fingerprint density at radius 3 is 2.92 bits per heavy atom. The van der Waals surface area contributed by atoms with Gasteiger partial charge in [0.1, 0.15) is 11.7 Å². The highest BCUT2D eigenvalue weighted by molar-refractivity contribution is 5.75. The molecular weight excluding hydrogens is 308 g/mol. The fourth-order valence-corrected chi connectivity index (χ4v) is 2.50. The summed E-state index contributed by atoms with van der Waals surface area (Å²) in [5.41, 5.74) is 1.44. The number of esters is 1. The second-order valence-electron chi connectivity index (χ2n) is 5.14. The molecule has 0 bridgehead atoms. The first-order valence-corrected chi connectivity index (χ1v) is 7.82. The van der Waals surface area contributed by atoms with Crippen molar-refractivity contribution in [3.8, 4) is 23.0 Å². The predicted octanol–water partition coefficient (Wildman–Crippen LogP) is 3.11. The molecule has 0 unspecified atom stereocenters. The van der Waals surface area contributed by atoms with E-state index in [1.165, 1.54) is 0 Å². The van der Waals surface area contributed by atoms with E-state index in [9.17, 15) is 4.79 Å². The lowest BCUT2D eigenvalue weighted by Gasteiger charge is -2.17. The highest BCUT2D eigenvalue weighted by atomic mass is 16.5. The fraction of sp³-hybridized carbons (Fsp3) is 0.294. The standard InChI is InChI=1S/C17H18N4O3/c1-3-13(17(22)23-4-2)21-10-6-8-14(21)16-19-15(20-24-16)12-7-5-9-18-11-12/h5-11,13H,3-4H2,1-2H3/t13-/m1/s1. The topological polar surface area (TPSA) is 83.0 Å². The molecule has 3 rings (SSSR count). The molecule has 0 aliphatic rings. The Bertz CT molecular complexity index is 810. The number of carbonyl (C=O) groups excluding carboxylic acids is 1. The van der Waals surface area contributed by atoms with Crippen molar-refractivity contribution in [1.82, 2.24) is 19.7 Å². The van der Waals surface area contributed by atoms with Crippen LogP contribution in [0.4, 0.5) is 0 Å². The molecule has 24 heavy (non-hydrogen) atoms. The molecule has 0 fully saturated rings. The van der Waals surface area contributed by atoms with Gasteiger partial charge in [-0.2, -0.15) is 4.98 Å². The third kappa shape index (κ3) is 3.05. The molecule has 0 aliphatic carbocycles. The Hall–Kier alpha value is -2.96.